The Morgan fingerprint density at radius 1 is 1.10 bits per heavy atom. The second-order valence-corrected chi connectivity index (χ2v) is 4.50. The molecule has 3 aromatic rings. The SMILES string of the molecule is c1cc(CCn2ccc(NCc3ccn[nH]3)n2)ccn1. The highest BCUT2D eigenvalue weighted by Crippen LogP contribution is 2.06. The number of nitrogens with one attached hydrogen (secondary N) is 2. The first-order chi connectivity index (χ1) is 9.90. The predicted octanol–water partition coefficient (Wildman–Crippen LogP) is 1.86. The van der Waals surface area contributed by atoms with Crippen molar-refractivity contribution in [3.8, 4) is 0 Å². The van der Waals surface area contributed by atoms with E-state index in [-0.39, 0.29) is 0 Å². The van der Waals surface area contributed by atoms with Crippen LogP contribution in [0.2, 0.25) is 0 Å². The standard InChI is InChI=1S/C14H16N6/c1-6-15-7-2-12(1)4-9-20-10-5-14(19-20)16-11-13-3-8-17-18-13/h1-3,5-8,10H,4,9,11H2,(H,16,19)(H,17,18). The molecule has 0 radical (unpaired) electrons. The number of aromatic nitrogens is 5. The first-order valence-electron chi connectivity index (χ1n) is 6.54. The molecule has 0 aliphatic heterocycles. The van der Waals surface area contributed by atoms with Crippen LogP contribution in [0, 0.1) is 0 Å². The summed E-state index contributed by atoms with van der Waals surface area (Å²) in [6.07, 6.45) is 8.30. The summed E-state index contributed by atoms with van der Waals surface area (Å²) in [4.78, 5) is 4.01. The van der Waals surface area contributed by atoms with Crippen molar-refractivity contribution < 1.29 is 0 Å². The van der Waals surface area contributed by atoms with Crippen LogP contribution < -0.4 is 5.32 Å². The van der Waals surface area contributed by atoms with Gasteiger partial charge in [-0.2, -0.15) is 10.2 Å². The fourth-order valence-electron chi connectivity index (χ4n) is 1.94. The number of pyridine rings is 1. The largest absolute Gasteiger partial charge is 0.363 e. The number of hydrogen-bond acceptors (Lipinski definition) is 4. The van der Waals surface area contributed by atoms with Crippen LogP contribution >= 0.6 is 0 Å². The number of aryl methyl sites for hydroxylation is 2. The van der Waals surface area contributed by atoms with Crippen LogP contribution in [0.4, 0.5) is 5.82 Å². The fraction of sp³-hybridized carbons (Fsp3) is 0.214. The van der Waals surface area contributed by atoms with E-state index in [0.717, 1.165) is 24.5 Å². The maximum Gasteiger partial charge on any atom is 0.148 e. The van der Waals surface area contributed by atoms with E-state index in [0.29, 0.717) is 6.54 Å². The molecule has 3 rings (SSSR count). The van der Waals surface area contributed by atoms with Crippen molar-refractivity contribution in [2.75, 3.05) is 5.32 Å². The molecule has 0 unspecified atom stereocenters. The molecule has 20 heavy (non-hydrogen) atoms. The Labute approximate surface area is 116 Å². The van der Waals surface area contributed by atoms with E-state index in [4.69, 9.17) is 0 Å². The Kier molecular flexibility index (Phi) is 3.73. The van der Waals surface area contributed by atoms with Crippen molar-refractivity contribution in [2.45, 2.75) is 19.5 Å². The Hall–Kier alpha value is -2.63. The molecular formula is C14H16N6. The third-order valence-corrected chi connectivity index (χ3v) is 3.04. The van der Waals surface area contributed by atoms with E-state index in [1.54, 1.807) is 6.20 Å². The summed E-state index contributed by atoms with van der Waals surface area (Å²) < 4.78 is 1.94. The number of hydrogen-bond donors (Lipinski definition) is 2. The molecular weight excluding hydrogens is 252 g/mol. The molecule has 0 aliphatic carbocycles. The summed E-state index contributed by atoms with van der Waals surface area (Å²) >= 11 is 0. The Morgan fingerprint density at radius 3 is 2.80 bits per heavy atom. The number of aromatic amines is 1. The smallest absolute Gasteiger partial charge is 0.148 e. The van der Waals surface area contributed by atoms with Crippen LogP contribution in [0.1, 0.15) is 11.3 Å². The van der Waals surface area contributed by atoms with Gasteiger partial charge in [-0.3, -0.25) is 14.8 Å². The maximum atomic E-state index is 4.48. The third kappa shape index (κ3) is 3.23. The molecule has 0 fully saturated rings. The van der Waals surface area contributed by atoms with Crippen LogP contribution in [-0.2, 0) is 19.5 Å². The summed E-state index contributed by atoms with van der Waals surface area (Å²) in [6, 6.07) is 7.97. The Bertz CT molecular complexity index is 629. The van der Waals surface area contributed by atoms with Gasteiger partial charge in [0.1, 0.15) is 5.82 Å². The van der Waals surface area contributed by atoms with Gasteiger partial charge in [-0.25, -0.2) is 0 Å². The van der Waals surface area contributed by atoms with Gasteiger partial charge in [0, 0.05) is 37.4 Å². The number of rotatable bonds is 6. The van der Waals surface area contributed by atoms with Crippen LogP contribution in [0.15, 0.2) is 49.1 Å². The Morgan fingerprint density at radius 2 is 2.00 bits per heavy atom. The van der Waals surface area contributed by atoms with Crippen molar-refractivity contribution >= 4 is 5.82 Å². The highest BCUT2D eigenvalue weighted by atomic mass is 15.3. The maximum absolute atomic E-state index is 4.48. The minimum absolute atomic E-state index is 0.696. The van der Waals surface area contributed by atoms with E-state index in [9.17, 15) is 0 Å². The second kappa shape index (κ2) is 6.01. The zero-order chi connectivity index (χ0) is 13.6. The van der Waals surface area contributed by atoms with Crippen LogP contribution in [0.3, 0.4) is 0 Å². The van der Waals surface area contributed by atoms with Crippen LogP contribution in [0.5, 0.6) is 0 Å². The molecule has 0 saturated carbocycles. The molecule has 0 saturated heterocycles. The first-order valence-corrected chi connectivity index (χ1v) is 6.54. The molecule has 0 spiro atoms. The molecule has 6 nitrogen and oxygen atoms in total. The molecule has 0 aromatic carbocycles. The van der Waals surface area contributed by atoms with Crippen molar-refractivity contribution in [1.82, 2.24) is 25.0 Å². The lowest BCUT2D eigenvalue weighted by molar-refractivity contribution is 0.616. The average molecular weight is 268 g/mol. The molecule has 2 N–H and O–H groups in total. The summed E-state index contributed by atoms with van der Waals surface area (Å²) in [6.45, 7) is 1.55. The molecule has 0 aliphatic rings. The topological polar surface area (TPSA) is 71.4 Å². The van der Waals surface area contributed by atoms with E-state index < -0.39 is 0 Å². The first kappa shape index (κ1) is 12.4. The fourth-order valence-corrected chi connectivity index (χ4v) is 1.94. The van der Waals surface area contributed by atoms with Crippen molar-refractivity contribution in [3.05, 3.63) is 60.3 Å². The van der Waals surface area contributed by atoms with Crippen LogP contribution in [0.25, 0.3) is 0 Å². The molecule has 102 valence electrons. The predicted molar refractivity (Wildman–Crippen MR) is 76.1 cm³/mol. The molecule has 6 heteroatoms. The lowest BCUT2D eigenvalue weighted by Crippen LogP contribution is -2.04. The van der Waals surface area contributed by atoms with Gasteiger partial charge in [0.2, 0.25) is 0 Å². The van der Waals surface area contributed by atoms with Gasteiger partial charge < -0.3 is 5.32 Å². The van der Waals surface area contributed by atoms with E-state index in [1.165, 1.54) is 5.56 Å². The van der Waals surface area contributed by atoms with E-state index in [2.05, 4.69) is 25.6 Å². The van der Waals surface area contributed by atoms with Crippen LogP contribution in [-0.4, -0.2) is 25.0 Å². The summed E-state index contributed by atoms with van der Waals surface area (Å²) in [5.74, 6) is 0.870. The number of anilines is 1. The lowest BCUT2D eigenvalue weighted by Gasteiger charge is -2.02. The molecule has 0 bridgehead atoms. The number of nitrogens with zero attached hydrogens (tertiary/aromatic N) is 4. The average Bonchev–Trinajstić information content (AvgIpc) is 3.16. The summed E-state index contributed by atoms with van der Waals surface area (Å²) in [5, 5.41) is 14.5. The summed E-state index contributed by atoms with van der Waals surface area (Å²) in [7, 11) is 0. The zero-order valence-electron chi connectivity index (χ0n) is 11.0. The second-order valence-electron chi connectivity index (χ2n) is 4.50. The molecule has 3 aromatic heterocycles. The van der Waals surface area contributed by atoms with Crippen molar-refractivity contribution in [3.63, 3.8) is 0 Å². The quantitative estimate of drug-likeness (QED) is 0.715. The zero-order valence-corrected chi connectivity index (χ0v) is 11.0. The van der Waals surface area contributed by atoms with Gasteiger partial charge >= 0.3 is 0 Å². The molecule has 0 amide bonds. The van der Waals surface area contributed by atoms with Gasteiger partial charge in [-0.1, -0.05) is 0 Å². The van der Waals surface area contributed by atoms with Crippen molar-refractivity contribution in [2.24, 2.45) is 0 Å². The number of H-pyrrole nitrogens is 1. The highest BCUT2D eigenvalue weighted by Gasteiger charge is 2.00. The van der Waals surface area contributed by atoms with Crippen molar-refractivity contribution in [1.29, 1.82) is 0 Å². The highest BCUT2D eigenvalue weighted by molar-refractivity contribution is 5.32. The Balaban J connectivity index is 1.51. The molecule has 0 atom stereocenters. The van der Waals surface area contributed by atoms with E-state index in [1.807, 2.05) is 47.5 Å². The minimum Gasteiger partial charge on any atom is -0.363 e. The van der Waals surface area contributed by atoms with Gasteiger partial charge in [0.05, 0.1) is 12.2 Å². The van der Waals surface area contributed by atoms with E-state index >= 15 is 0 Å². The monoisotopic (exact) mass is 268 g/mol. The third-order valence-electron chi connectivity index (χ3n) is 3.04. The van der Waals surface area contributed by atoms with Gasteiger partial charge in [-0.05, 0) is 30.2 Å². The normalized spacial score (nSPS) is 10.6. The molecule has 3 heterocycles. The van der Waals surface area contributed by atoms with Gasteiger partial charge in [0.15, 0.2) is 0 Å². The lowest BCUT2D eigenvalue weighted by atomic mass is 10.2. The summed E-state index contributed by atoms with van der Waals surface area (Å²) in [5.41, 5.74) is 2.30. The van der Waals surface area contributed by atoms with Gasteiger partial charge in [-0.15, -0.1) is 0 Å². The van der Waals surface area contributed by atoms with Gasteiger partial charge in [0.25, 0.3) is 0 Å². The minimum atomic E-state index is 0.696.